The van der Waals surface area contributed by atoms with Crippen LogP contribution in [0.3, 0.4) is 0 Å². The highest BCUT2D eigenvalue weighted by Gasteiger charge is 2.25. The van der Waals surface area contributed by atoms with Crippen molar-refractivity contribution in [1.82, 2.24) is 14.7 Å². The highest BCUT2D eigenvalue weighted by atomic mass is 79.9. The van der Waals surface area contributed by atoms with Crippen molar-refractivity contribution in [3.63, 3.8) is 0 Å². The number of benzene rings is 2. The van der Waals surface area contributed by atoms with Crippen molar-refractivity contribution in [2.24, 2.45) is 0 Å². The largest absolute Gasteiger partial charge is 0.360 e. The van der Waals surface area contributed by atoms with E-state index in [2.05, 4.69) is 31.4 Å². The van der Waals surface area contributed by atoms with E-state index in [0.29, 0.717) is 16.7 Å². The summed E-state index contributed by atoms with van der Waals surface area (Å²) >= 11 is 4.83. The smallest absolute Gasteiger partial charge is 0.243 e. The first-order valence-electron chi connectivity index (χ1n) is 8.85. The fourth-order valence-electron chi connectivity index (χ4n) is 2.80. The molecule has 0 aliphatic carbocycles. The van der Waals surface area contributed by atoms with Crippen LogP contribution in [0.4, 0.5) is 5.82 Å². The fourth-order valence-corrected chi connectivity index (χ4v) is 4.13. The molecule has 2 aromatic carbocycles. The van der Waals surface area contributed by atoms with Gasteiger partial charge in [-0.2, -0.15) is 0 Å². The molecular formula is C21H17BrN4O2S. The molecule has 4 aromatic rings. The Bertz CT molecular complexity index is 1110. The van der Waals surface area contributed by atoms with E-state index >= 15 is 0 Å². The first-order valence-corrected chi connectivity index (χ1v) is 10.5. The molecule has 6 nitrogen and oxygen atoms in total. The Balaban J connectivity index is 1.64. The van der Waals surface area contributed by atoms with E-state index in [1.54, 1.807) is 19.2 Å². The first kappa shape index (κ1) is 19.5. The molecule has 1 N–H and O–H groups in total. The van der Waals surface area contributed by atoms with Crippen molar-refractivity contribution in [3.05, 3.63) is 88.9 Å². The normalized spacial score (nSPS) is 11.9. The predicted molar refractivity (Wildman–Crippen MR) is 116 cm³/mol. The summed E-state index contributed by atoms with van der Waals surface area (Å²) in [5.41, 5.74) is 1.84. The fraction of sp³-hybridized carbons (Fsp3) is 0.0952. The van der Waals surface area contributed by atoms with Crippen molar-refractivity contribution in [2.75, 3.05) is 5.32 Å². The second-order valence-electron chi connectivity index (χ2n) is 6.28. The summed E-state index contributed by atoms with van der Waals surface area (Å²) in [5, 5.41) is 6.90. The summed E-state index contributed by atoms with van der Waals surface area (Å²) in [5.74, 6) is 0.833. The Morgan fingerprint density at radius 3 is 2.62 bits per heavy atom. The van der Waals surface area contributed by atoms with Gasteiger partial charge in [-0.05, 0) is 36.8 Å². The molecule has 0 saturated heterocycles. The lowest BCUT2D eigenvalue weighted by Gasteiger charge is -2.16. The molecule has 0 fully saturated rings. The van der Waals surface area contributed by atoms with E-state index in [1.165, 1.54) is 11.8 Å². The van der Waals surface area contributed by atoms with Crippen LogP contribution >= 0.6 is 27.7 Å². The van der Waals surface area contributed by atoms with Crippen LogP contribution in [0.15, 0.2) is 87.2 Å². The third kappa shape index (κ3) is 4.60. The molecule has 146 valence electrons. The Hall–Kier alpha value is -2.84. The van der Waals surface area contributed by atoms with Crippen LogP contribution in [0, 0.1) is 6.92 Å². The van der Waals surface area contributed by atoms with Crippen LogP contribution in [0.1, 0.15) is 16.6 Å². The predicted octanol–water partition coefficient (Wildman–Crippen LogP) is 5.40. The van der Waals surface area contributed by atoms with E-state index in [9.17, 15) is 4.79 Å². The second kappa shape index (κ2) is 8.67. The topological polar surface area (TPSA) is 73.0 Å². The van der Waals surface area contributed by atoms with Gasteiger partial charge in [-0.3, -0.25) is 9.36 Å². The molecule has 0 aliphatic heterocycles. The van der Waals surface area contributed by atoms with Gasteiger partial charge in [-0.1, -0.05) is 63.2 Å². The number of amides is 1. The average Bonchev–Trinajstić information content (AvgIpc) is 3.36. The molecule has 0 bridgehead atoms. The van der Waals surface area contributed by atoms with Crippen LogP contribution in [-0.4, -0.2) is 20.6 Å². The van der Waals surface area contributed by atoms with Gasteiger partial charge in [-0.25, -0.2) is 4.98 Å². The van der Waals surface area contributed by atoms with Gasteiger partial charge in [0.25, 0.3) is 0 Å². The van der Waals surface area contributed by atoms with Crippen molar-refractivity contribution in [3.8, 4) is 5.69 Å². The Labute approximate surface area is 180 Å². The quantitative estimate of drug-likeness (QED) is 0.383. The number of thioether (sulfide) groups is 1. The summed E-state index contributed by atoms with van der Waals surface area (Å²) in [7, 11) is 0. The Kier molecular flexibility index (Phi) is 5.82. The van der Waals surface area contributed by atoms with Gasteiger partial charge < -0.3 is 9.84 Å². The SMILES string of the molecule is Cc1cc(NC(=O)[C@H](Sc2nccn2-c2ccc(Br)cc2)c2ccccc2)no1. The third-order valence-corrected chi connectivity index (χ3v) is 5.92. The number of aromatic nitrogens is 3. The molecule has 0 spiro atoms. The van der Waals surface area contributed by atoms with Gasteiger partial charge in [-0.15, -0.1) is 0 Å². The Morgan fingerprint density at radius 1 is 1.17 bits per heavy atom. The third-order valence-electron chi connectivity index (χ3n) is 4.15. The van der Waals surface area contributed by atoms with Crippen LogP contribution in [0.2, 0.25) is 0 Å². The van der Waals surface area contributed by atoms with Crippen molar-refractivity contribution in [1.29, 1.82) is 0 Å². The minimum absolute atomic E-state index is 0.195. The van der Waals surface area contributed by atoms with Gasteiger partial charge >= 0.3 is 0 Å². The number of nitrogens with one attached hydrogen (secondary N) is 1. The zero-order valence-electron chi connectivity index (χ0n) is 15.4. The molecule has 1 amide bonds. The molecular weight excluding hydrogens is 452 g/mol. The molecule has 1 atom stereocenters. The van der Waals surface area contributed by atoms with Crippen LogP contribution < -0.4 is 5.32 Å². The molecule has 4 rings (SSSR count). The number of carbonyl (C=O) groups is 1. The summed E-state index contributed by atoms with van der Waals surface area (Å²) in [4.78, 5) is 17.6. The summed E-state index contributed by atoms with van der Waals surface area (Å²) in [6.45, 7) is 1.78. The van der Waals surface area contributed by atoms with Crippen molar-refractivity contribution >= 4 is 39.4 Å². The molecule has 0 saturated carbocycles. The number of aryl methyl sites for hydroxylation is 1. The first-order chi connectivity index (χ1) is 14.1. The molecule has 2 heterocycles. The van der Waals surface area contributed by atoms with Crippen LogP contribution in [-0.2, 0) is 4.79 Å². The second-order valence-corrected chi connectivity index (χ2v) is 8.26. The van der Waals surface area contributed by atoms with E-state index in [-0.39, 0.29) is 5.91 Å². The minimum atomic E-state index is -0.509. The van der Waals surface area contributed by atoms with Gasteiger partial charge in [0.2, 0.25) is 5.91 Å². The number of anilines is 1. The minimum Gasteiger partial charge on any atom is -0.360 e. The number of hydrogen-bond acceptors (Lipinski definition) is 5. The van der Waals surface area contributed by atoms with Crippen LogP contribution in [0.5, 0.6) is 0 Å². The molecule has 0 unspecified atom stereocenters. The summed E-state index contributed by atoms with van der Waals surface area (Å²) < 4.78 is 8.01. The maximum Gasteiger partial charge on any atom is 0.243 e. The lowest BCUT2D eigenvalue weighted by atomic mass is 10.1. The number of hydrogen-bond donors (Lipinski definition) is 1. The summed E-state index contributed by atoms with van der Waals surface area (Å²) in [6, 6.07) is 19.2. The van der Waals surface area contributed by atoms with E-state index in [4.69, 9.17) is 4.52 Å². The van der Waals surface area contributed by atoms with Gasteiger partial charge in [0.15, 0.2) is 11.0 Å². The number of carbonyl (C=O) groups excluding carboxylic acids is 1. The number of halogens is 1. The van der Waals surface area contributed by atoms with E-state index in [0.717, 1.165) is 15.7 Å². The van der Waals surface area contributed by atoms with Crippen molar-refractivity contribution < 1.29 is 9.32 Å². The highest BCUT2D eigenvalue weighted by Crippen LogP contribution is 2.36. The number of nitrogens with zero attached hydrogens (tertiary/aromatic N) is 3. The highest BCUT2D eigenvalue weighted by molar-refractivity contribution is 9.10. The average molecular weight is 469 g/mol. The Morgan fingerprint density at radius 2 is 1.93 bits per heavy atom. The standard InChI is InChI=1S/C21H17BrN4O2S/c1-14-13-18(25-28-14)24-20(27)19(15-5-3-2-4-6-15)29-21-23-11-12-26(21)17-9-7-16(22)8-10-17/h2-13,19H,1H3,(H,24,25,27)/t19-/m1/s1. The molecule has 0 radical (unpaired) electrons. The molecule has 8 heteroatoms. The van der Waals surface area contributed by atoms with Gasteiger partial charge in [0, 0.05) is 28.6 Å². The number of rotatable bonds is 6. The van der Waals surface area contributed by atoms with E-state index in [1.807, 2.05) is 65.4 Å². The number of imidazole rings is 1. The lowest BCUT2D eigenvalue weighted by molar-refractivity contribution is -0.115. The molecule has 0 aliphatic rings. The lowest BCUT2D eigenvalue weighted by Crippen LogP contribution is -2.19. The summed E-state index contributed by atoms with van der Waals surface area (Å²) in [6.07, 6.45) is 3.61. The van der Waals surface area contributed by atoms with Gasteiger partial charge in [0.05, 0.1) is 0 Å². The van der Waals surface area contributed by atoms with Crippen molar-refractivity contribution in [2.45, 2.75) is 17.3 Å². The zero-order chi connectivity index (χ0) is 20.2. The van der Waals surface area contributed by atoms with Gasteiger partial charge in [0.1, 0.15) is 11.0 Å². The van der Waals surface area contributed by atoms with Crippen LogP contribution in [0.25, 0.3) is 5.69 Å². The zero-order valence-corrected chi connectivity index (χ0v) is 17.9. The molecule has 2 aromatic heterocycles. The monoisotopic (exact) mass is 468 g/mol. The maximum absolute atomic E-state index is 13.1. The molecule has 29 heavy (non-hydrogen) atoms. The van der Waals surface area contributed by atoms with E-state index < -0.39 is 5.25 Å². The maximum atomic E-state index is 13.1.